The Balaban J connectivity index is 1.72. The Morgan fingerprint density at radius 3 is 2.52 bits per heavy atom. The molecular formula is C18H21N3O2. The topological polar surface area (TPSA) is 74.8 Å². The van der Waals surface area contributed by atoms with E-state index >= 15 is 0 Å². The van der Waals surface area contributed by atoms with Crippen molar-refractivity contribution < 1.29 is 4.79 Å². The quantitative estimate of drug-likeness (QED) is 0.911. The Labute approximate surface area is 135 Å². The van der Waals surface area contributed by atoms with Crippen molar-refractivity contribution in [3.05, 3.63) is 63.3 Å². The molecule has 1 aliphatic carbocycles. The predicted octanol–water partition coefficient (Wildman–Crippen LogP) is 2.62. The van der Waals surface area contributed by atoms with Crippen molar-refractivity contribution in [1.82, 2.24) is 15.3 Å². The second-order valence-electron chi connectivity index (χ2n) is 6.59. The van der Waals surface area contributed by atoms with Crippen molar-refractivity contribution >= 4 is 5.91 Å². The highest BCUT2D eigenvalue weighted by Gasteiger charge is 2.38. The summed E-state index contributed by atoms with van der Waals surface area (Å²) in [5, 5.41) is 2.89. The van der Waals surface area contributed by atoms with Gasteiger partial charge in [-0.05, 0) is 43.2 Å². The van der Waals surface area contributed by atoms with Crippen LogP contribution in [0.1, 0.15) is 60.2 Å². The van der Waals surface area contributed by atoms with E-state index in [1.165, 1.54) is 24.5 Å². The number of aromatic nitrogens is 2. The number of carbonyl (C=O) groups is 1. The van der Waals surface area contributed by atoms with Crippen LogP contribution in [0.5, 0.6) is 0 Å². The summed E-state index contributed by atoms with van der Waals surface area (Å²) in [4.78, 5) is 30.3. The summed E-state index contributed by atoms with van der Waals surface area (Å²) >= 11 is 0. The lowest BCUT2D eigenvalue weighted by Gasteiger charge is -2.16. The van der Waals surface area contributed by atoms with Crippen molar-refractivity contribution in [3.8, 4) is 0 Å². The van der Waals surface area contributed by atoms with Crippen LogP contribution in [0.2, 0.25) is 0 Å². The van der Waals surface area contributed by atoms with Gasteiger partial charge in [-0.2, -0.15) is 0 Å². The van der Waals surface area contributed by atoms with Crippen molar-refractivity contribution in [2.75, 3.05) is 0 Å². The predicted molar refractivity (Wildman–Crippen MR) is 88.5 cm³/mol. The first-order valence-corrected chi connectivity index (χ1v) is 7.87. The number of rotatable bonds is 4. The standard InChI is InChI=1S/C18H21N3O2/c1-11(13-4-6-14(7-5-13)18(3)8-9-18)19-17(23)15-10-16(22)21-12(2)20-15/h4-7,10-11H,8-9H2,1-3H3,(H,19,23)(H,20,21,22)/t11-/m1/s1. The minimum Gasteiger partial charge on any atom is -0.344 e. The molecule has 5 heteroatoms. The SMILES string of the molecule is Cc1nc(C(=O)N[C@H](C)c2ccc(C3(C)CC3)cc2)cc(=O)[nH]1. The zero-order chi connectivity index (χ0) is 16.6. The van der Waals surface area contributed by atoms with Crippen LogP contribution in [0, 0.1) is 6.92 Å². The first-order chi connectivity index (χ1) is 10.9. The van der Waals surface area contributed by atoms with Gasteiger partial charge in [0.1, 0.15) is 11.5 Å². The van der Waals surface area contributed by atoms with E-state index in [-0.39, 0.29) is 23.2 Å². The van der Waals surface area contributed by atoms with Gasteiger partial charge in [0.15, 0.2) is 0 Å². The van der Waals surface area contributed by atoms with Crippen molar-refractivity contribution in [2.24, 2.45) is 0 Å². The van der Waals surface area contributed by atoms with Gasteiger partial charge in [-0.3, -0.25) is 9.59 Å². The molecule has 1 heterocycles. The molecule has 1 fully saturated rings. The third kappa shape index (κ3) is 3.33. The molecule has 0 unspecified atom stereocenters. The molecule has 1 amide bonds. The molecule has 5 nitrogen and oxygen atoms in total. The minimum absolute atomic E-state index is 0.139. The maximum absolute atomic E-state index is 12.2. The van der Waals surface area contributed by atoms with Crippen LogP contribution in [0.25, 0.3) is 0 Å². The summed E-state index contributed by atoms with van der Waals surface area (Å²) in [5.41, 5.74) is 2.55. The molecule has 23 heavy (non-hydrogen) atoms. The van der Waals surface area contributed by atoms with Crippen LogP contribution < -0.4 is 10.9 Å². The number of aryl methyl sites for hydroxylation is 1. The highest BCUT2D eigenvalue weighted by atomic mass is 16.2. The fourth-order valence-corrected chi connectivity index (χ4v) is 2.70. The van der Waals surface area contributed by atoms with Gasteiger partial charge in [-0.1, -0.05) is 31.2 Å². The molecule has 1 aliphatic rings. The van der Waals surface area contributed by atoms with E-state index in [4.69, 9.17) is 0 Å². The highest BCUT2D eigenvalue weighted by molar-refractivity contribution is 5.92. The lowest BCUT2D eigenvalue weighted by atomic mass is 9.96. The molecule has 0 bridgehead atoms. The largest absolute Gasteiger partial charge is 0.344 e. The normalized spacial score (nSPS) is 16.7. The second-order valence-corrected chi connectivity index (χ2v) is 6.59. The first kappa shape index (κ1) is 15.5. The lowest BCUT2D eigenvalue weighted by Crippen LogP contribution is -2.29. The number of hydrogen-bond donors (Lipinski definition) is 2. The number of aromatic amines is 1. The molecule has 1 aromatic heterocycles. The van der Waals surface area contributed by atoms with E-state index in [0.29, 0.717) is 11.2 Å². The lowest BCUT2D eigenvalue weighted by molar-refractivity contribution is 0.0934. The molecule has 2 aromatic rings. The van der Waals surface area contributed by atoms with Crippen LogP contribution in [-0.4, -0.2) is 15.9 Å². The fraction of sp³-hybridized carbons (Fsp3) is 0.389. The van der Waals surface area contributed by atoms with Gasteiger partial charge in [-0.15, -0.1) is 0 Å². The summed E-state index contributed by atoms with van der Waals surface area (Å²) in [7, 11) is 0. The Hall–Kier alpha value is -2.43. The van der Waals surface area contributed by atoms with Gasteiger partial charge in [0.25, 0.3) is 11.5 Å². The van der Waals surface area contributed by atoms with Crippen LogP contribution >= 0.6 is 0 Å². The molecule has 120 valence electrons. The molecule has 0 spiro atoms. The third-order valence-corrected chi connectivity index (χ3v) is 4.55. The maximum Gasteiger partial charge on any atom is 0.270 e. The van der Waals surface area contributed by atoms with Crippen LogP contribution in [-0.2, 0) is 5.41 Å². The smallest absolute Gasteiger partial charge is 0.270 e. The molecule has 1 saturated carbocycles. The zero-order valence-corrected chi connectivity index (χ0v) is 13.6. The van der Waals surface area contributed by atoms with Crippen LogP contribution in [0.3, 0.4) is 0 Å². The van der Waals surface area contributed by atoms with E-state index in [0.717, 1.165) is 5.56 Å². The van der Waals surface area contributed by atoms with Gasteiger partial charge in [0.2, 0.25) is 0 Å². The molecule has 0 saturated heterocycles. The van der Waals surface area contributed by atoms with Crippen molar-refractivity contribution in [1.29, 1.82) is 0 Å². The van der Waals surface area contributed by atoms with Crippen molar-refractivity contribution in [2.45, 2.75) is 45.1 Å². The number of amides is 1. The highest BCUT2D eigenvalue weighted by Crippen LogP contribution is 2.47. The number of carbonyl (C=O) groups excluding carboxylic acids is 1. The van der Waals surface area contributed by atoms with Gasteiger partial charge in [0.05, 0.1) is 6.04 Å². The van der Waals surface area contributed by atoms with E-state index < -0.39 is 0 Å². The van der Waals surface area contributed by atoms with Gasteiger partial charge in [-0.25, -0.2) is 4.98 Å². The number of nitrogens with zero attached hydrogens (tertiary/aromatic N) is 1. The maximum atomic E-state index is 12.2. The molecular weight excluding hydrogens is 290 g/mol. The fourth-order valence-electron chi connectivity index (χ4n) is 2.70. The van der Waals surface area contributed by atoms with Gasteiger partial charge < -0.3 is 10.3 Å². The van der Waals surface area contributed by atoms with Gasteiger partial charge in [0, 0.05) is 6.07 Å². The molecule has 1 atom stereocenters. The van der Waals surface area contributed by atoms with Crippen molar-refractivity contribution in [3.63, 3.8) is 0 Å². The number of nitrogens with one attached hydrogen (secondary N) is 2. The minimum atomic E-state index is -0.343. The summed E-state index contributed by atoms with van der Waals surface area (Å²) in [6, 6.07) is 9.46. The van der Waals surface area contributed by atoms with Gasteiger partial charge >= 0.3 is 0 Å². The molecule has 3 rings (SSSR count). The Morgan fingerprint density at radius 1 is 1.30 bits per heavy atom. The van der Waals surface area contributed by atoms with E-state index in [9.17, 15) is 9.59 Å². The monoisotopic (exact) mass is 311 g/mol. The number of benzene rings is 1. The zero-order valence-electron chi connectivity index (χ0n) is 13.6. The molecule has 2 N–H and O–H groups in total. The Morgan fingerprint density at radius 2 is 1.96 bits per heavy atom. The average molecular weight is 311 g/mol. The summed E-state index contributed by atoms with van der Waals surface area (Å²) < 4.78 is 0. The Kier molecular flexibility index (Phi) is 3.80. The molecule has 0 radical (unpaired) electrons. The van der Waals surface area contributed by atoms with E-state index in [1.54, 1.807) is 6.92 Å². The summed E-state index contributed by atoms with van der Waals surface area (Å²) in [6.07, 6.45) is 2.48. The third-order valence-electron chi connectivity index (χ3n) is 4.55. The van der Waals surface area contributed by atoms with E-state index in [1.807, 2.05) is 6.92 Å². The van der Waals surface area contributed by atoms with E-state index in [2.05, 4.69) is 46.5 Å². The summed E-state index contributed by atoms with van der Waals surface area (Å²) in [5.74, 6) is 0.0854. The second kappa shape index (κ2) is 5.65. The first-order valence-electron chi connectivity index (χ1n) is 7.87. The number of hydrogen-bond acceptors (Lipinski definition) is 3. The summed E-state index contributed by atoms with van der Waals surface area (Å²) in [6.45, 7) is 5.85. The van der Waals surface area contributed by atoms with Crippen LogP contribution in [0.4, 0.5) is 0 Å². The molecule has 1 aromatic carbocycles. The molecule has 0 aliphatic heterocycles. The van der Waals surface area contributed by atoms with Crippen LogP contribution in [0.15, 0.2) is 35.1 Å². The number of H-pyrrole nitrogens is 1. The Bertz CT molecular complexity index is 789. The average Bonchev–Trinajstić information content (AvgIpc) is 3.25.